The first-order chi connectivity index (χ1) is 15.0. The maximum atomic E-state index is 13.2. The Labute approximate surface area is 185 Å². The highest BCUT2D eigenvalue weighted by Crippen LogP contribution is 2.58. The van der Waals surface area contributed by atoms with Crippen molar-refractivity contribution < 1.29 is 9.59 Å². The van der Waals surface area contributed by atoms with Crippen LogP contribution in [0.3, 0.4) is 0 Å². The fourth-order valence-corrected chi connectivity index (χ4v) is 7.49. The minimum atomic E-state index is -0.398. The van der Waals surface area contributed by atoms with Crippen molar-refractivity contribution in [1.29, 1.82) is 0 Å². The molecule has 0 aromatic carbocycles. The minimum absolute atomic E-state index is 0.00427. The highest BCUT2D eigenvalue weighted by molar-refractivity contribution is 5.88. The monoisotopic (exact) mass is 424 g/mol. The van der Waals surface area contributed by atoms with E-state index in [1.807, 2.05) is 13.1 Å². The molecule has 8 atom stereocenters. The number of carbonyl (C=O) groups excluding carboxylic acids is 2. The minimum Gasteiger partial charge on any atom is -0.347 e. The van der Waals surface area contributed by atoms with Crippen LogP contribution in [0.1, 0.15) is 63.7 Å². The zero-order valence-corrected chi connectivity index (χ0v) is 19.0. The van der Waals surface area contributed by atoms with Crippen LogP contribution in [0.4, 0.5) is 0 Å². The Kier molecular flexibility index (Phi) is 5.43. The van der Waals surface area contributed by atoms with Gasteiger partial charge in [-0.05, 0) is 74.7 Å². The van der Waals surface area contributed by atoms with Crippen molar-refractivity contribution >= 4 is 17.9 Å². The molecule has 3 fully saturated rings. The SMILES string of the molecule is CC[C@H](NC(=O)[C@@H]1CC[C@H]2[C@@H]3CCC4[C@H](C=Cc5nccn54)[C@H]3CC[C@@H]21)C(=O)N(C)C. The summed E-state index contributed by atoms with van der Waals surface area (Å²) in [5.74, 6) is 4.51. The molecule has 1 aliphatic heterocycles. The van der Waals surface area contributed by atoms with Crippen LogP contribution in [0.5, 0.6) is 0 Å². The number of hydrogen-bond donors (Lipinski definition) is 1. The van der Waals surface area contributed by atoms with Gasteiger partial charge in [0, 0.05) is 44.4 Å². The Hall–Kier alpha value is -2.11. The van der Waals surface area contributed by atoms with Gasteiger partial charge < -0.3 is 14.8 Å². The van der Waals surface area contributed by atoms with Crippen LogP contribution in [0.25, 0.3) is 6.08 Å². The van der Waals surface area contributed by atoms with Gasteiger partial charge in [0.15, 0.2) is 0 Å². The topological polar surface area (TPSA) is 67.2 Å². The van der Waals surface area contributed by atoms with E-state index in [2.05, 4.69) is 33.2 Å². The van der Waals surface area contributed by atoms with E-state index in [0.29, 0.717) is 30.2 Å². The summed E-state index contributed by atoms with van der Waals surface area (Å²) in [6, 6.07) is 0.160. The second-order valence-corrected chi connectivity index (χ2v) is 10.4. The van der Waals surface area contributed by atoms with Gasteiger partial charge in [-0.25, -0.2) is 4.98 Å². The largest absolute Gasteiger partial charge is 0.347 e. The number of hydrogen-bond acceptors (Lipinski definition) is 3. The number of nitrogens with zero attached hydrogens (tertiary/aromatic N) is 3. The molecule has 3 aliphatic carbocycles. The smallest absolute Gasteiger partial charge is 0.244 e. The van der Waals surface area contributed by atoms with Gasteiger partial charge in [-0.3, -0.25) is 9.59 Å². The van der Waals surface area contributed by atoms with E-state index in [9.17, 15) is 9.59 Å². The van der Waals surface area contributed by atoms with E-state index in [4.69, 9.17) is 0 Å². The Bertz CT molecular complexity index is 875. The van der Waals surface area contributed by atoms with Crippen LogP contribution in [0.2, 0.25) is 0 Å². The molecule has 4 aliphatic rings. The molecule has 1 aromatic rings. The molecule has 6 heteroatoms. The lowest BCUT2D eigenvalue weighted by Crippen LogP contribution is -2.49. The van der Waals surface area contributed by atoms with Crippen LogP contribution < -0.4 is 5.32 Å². The van der Waals surface area contributed by atoms with E-state index in [0.717, 1.165) is 30.5 Å². The van der Waals surface area contributed by atoms with Crippen LogP contribution in [0, 0.1) is 35.5 Å². The predicted molar refractivity (Wildman–Crippen MR) is 120 cm³/mol. The summed E-state index contributed by atoms with van der Waals surface area (Å²) >= 11 is 0. The maximum absolute atomic E-state index is 13.2. The lowest BCUT2D eigenvalue weighted by atomic mass is 9.56. The molecule has 31 heavy (non-hydrogen) atoms. The normalized spacial score (nSPS) is 36.5. The van der Waals surface area contributed by atoms with Crippen LogP contribution in [0.15, 0.2) is 18.5 Å². The molecule has 1 aromatic heterocycles. The molecule has 3 saturated carbocycles. The van der Waals surface area contributed by atoms with Crippen molar-refractivity contribution in [1.82, 2.24) is 19.8 Å². The predicted octanol–water partition coefficient (Wildman–Crippen LogP) is 3.51. The summed E-state index contributed by atoms with van der Waals surface area (Å²) < 4.78 is 2.39. The summed E-state index contributed by atoms with van der Waals surface area (Å²) in [4.78, 5) is 31.7. The van der Waals surface area contributed by atoms with Crippen molar-refractivity contribution in [2.45, 2.75) is 64.0 Å². The van der Waals surface area contributed by atoms with E-state index >= 15 is 0 Å². The van der Waals surface area contributed by atoms with E-state index < -0.39 is 6.04 Å². The number of imidazole rings is 1. The van der Waals surface area contributed by atoms with Crippen molar-refractivity contribution in [2.75, 3.05) is 14.1 Å². The maximum Gasteiger partial charge on any atom is 0.244 e. The third-order valence-electron chi connectivity index (χ3n) is 8.87. The molecular formula is C25H36N4O2. The fraction of sp³-hybridized carbons (Fsp3) is 0.720. The number of amides is 2. The Morgan fingerprint density at radius 2 is 1.81 bits per heavy atom. The zero-order valence-electron chi connectivity index (χ0n) is 19.0. The summed E-state index contributed by atoms with van der Waals surface area (Å²) in [5, 5.41) is 3.10. The molecule has 0 saturated heterocycles. The summed E-state index contributed by atoms with van der Waals surface area (Å²) in [6.07, 6.45) is 16.4. The molecule has 6 nitrogen and oxygen atoms in total. The van der Waals surface area contributed by atoms with Gasteiger partial charge in [0.1, 0.15) is 11.9 Å². The number of carbonyl (C=O) groups is 2. The second kappa shape index (κ2) is 8.10. The van der Waals surface area contributed by atoms with Gasteiger partial charge >= 0.3 is 0 Å². The molecule has 2 heterocycles. The highest BCUT2D eigenvalue weighted by Gasteiger charge is 2.52. The number of nitrogens with one attached hydrogen (secondary N) is 1. The number of likely N-dealkylation sites (N-methyl/N-ethyl adjacent to an activating group) is 1. The number of fused-ring (bicyclic) bond motifs is 7. The van der Waals surface area contributed by atoms with Gasteiger partial charge in [0.05, 0.1) is 0 Å². The van der Waals surface area contributed by atoms with Gasteiger partial charge in [-0.15, -0.1) is 0 Å². The molecular weight excluding hydrogens is 388 g/mol. The average Bonchev–Trinajstić information content (AvgIpc) is 3.43. The third kappa shape index (κ3) is 3.42. The van der Waals surface area contributed by atoms with Gasteiger partial charge in [-0.1, -0.05) is 13.0 Å². The van der Waals surface area contributed by atoms with E-state index in [1.54, 1.807) is 19.0 Å². The second-order valence-electron chi connectivity index (χ2n) is 10.4. The average molecular weight is 425 g/mol. The Morgan fingerprint density at radius 3 is 2.58 bits per heavy atom. The van der Waals surface area contributed by atoms with Crippen molar-refractivity contribution in [2.24, 2.45) is 35.5 Å². The number of aromatic nitrogens is 2. The highest BCUT2D eigenvalue weighted by atomic mass is 16.2. The molecule has 0 radical (unpaired) electrons. The molecule has 5 rings (SSSR count). The molecule has 0 bridgehead atoms. The lowest BCUT2D eigenvalue weighted by molar-refractivity contribution is -0.136. The molecule has 1 N–H and O–H groups in total. The lowest BCUT2D eigenvalue weighted by Gasteiger charge is -2.51. The standard InChI is InChI=1S/C25H36N4O2/c1-4-21(25(31)28(2)3)27-24(30)20-8-7-15-16-9-11-22-19(17(16)5-6-18(15)20)10-12-23-26-13-14-29(22)23/h10,12-22H,4-9,11H2,1-3H3,(H,27,30)/t15-,16-,17-,18-,19+,20+,21-,22?/m0/s1. The quantitative estimate of drug-likeness (QED) is 0.804. The summed E-state index contributed by atoms with van der Waals surface area (Å²) in [7, 11) is 3.51. The zero-order chi connectivity index (χ0) is 21.7. The van der Waals surface area contributed by atoms with Gasteiger partial charge in [0.2, 0.25) is 11.8 Å². The van der Waals surface area contributed by atoms with Crippen LogP contribution >= 0.6 is 0 Å². The first-order valence-corrected chi connectivity index (χ1v) is 12.2. The van der Waals surface area contributed by atoms with Crippen LogP contribution in [-0.2, 0) is 9.59 Å². The van der Waals surface area contributed by atoms with Crippen molar-refractivity contribution in [3.63, 3.8) is 0 Å². The fourth-order valence-electron chi connectivity index (χ4n) is 7.49. The Morgan fingerprint density at radius 1 is 1.10 bits per heavy atom. The number of allylic oxidation sites excluding steroid dienone is 1. The van der Waals surface area contributed by atoms with Crippen molar-refractivity contribution in [3.8, 4) is 0 Å². The van der Waals surface area contributed by atoms with E-state index in [1.165, 1.54) is 25.7 Å². The first-order valence-electron chi connectivity index (χ1n) is 12.2. The first kappa shape index (κ1) is 20.8. The summed E-state index contributed by atoms with van der Waals surface area (Å²) in [5.41, 5.74) is 0. The van der Waals surface area contributed by atoms with Crippen molar-refractivity contribution in [3.05, 3.63) is 24.3 Å². The van der Waals surface area contributed by atoms with Gasteiger partial charge in [-0.2, -0.15) is 0 Å². The molecule has 0 spiro atoms. The van der Waals surface area contributed by atoms with E-state index in [-0.39, 0.29) is 17.7 Å². The molecule has 168 valence electrons. The summed E-state index contributed by atoms with van der Waals surface area (Å²) in [6.45, 7) is 1.97. The number of rotatable bonds is 4. The Balaban J connectivity index is 1.28. The molecule has 2 amide bonds. The molecule has 1 unspecified atom stereocenters. The third-order valence-corrected chi connectivity index (χ3v) is 8.87. The van der Waals surface area contributed by atoms with Crippen LogP contribution in [-0.4, -0.2) is 46.4 Å². The van der Waals surface area contributed by atoms with Gasteiger partial charge in [0.25, 0.3) is 0 Å².